The summed E-state index contributed by atoms with van der Waals surface area (Å²) in [5, 5.41) is 0.761. The molecule has 18 heavy (non-hydrogen) atoms. The number of halogens is 2. The van der Waals surface area contributed by atoms with Gasteiger partial charge in [0.2, 0.25) is 0 Å². The Morgan fingerprint density at radius 3 is 2.11 bits per heavy atom. The van der Waals surface area contributed by atoms with Crippen molar-refractivity contribution in [1.29, 1.82) is 0 Å². The molecule has 0 amide bonds. The van der Waals surface area contributed by atoms with E-state index in [1.54, 1.807) is 14.0 Å². The van der Waals surface area contributed by atoms with Gasteiger partial charge in [0, 0.05) is 18.2 Å². The summed E-state index contributed by atoms with van der Waals surface area (Å²) in [7, 11) is 1.66. The maximum atomic E-state index is 5.99. The molecule has 0 spiro atoms. The van der Waals surface area contributed by atoms with Crippen LogP contribution in [0.2, 0.25) is 10.3 Å². The molecule has 1 aromatic heterocycles. The summed E-state index contributed by atoms with van der Waals surface area (Å²) in [6.07, 6.45) is 0. The van der Waals surface area contributed by atoms with Crippen molar-refractivity contribution in [1.82, 2.24) is 9.97 Å². The van der Waals surface area contributed by atoms with E-state index in [1.165, 1.54) is 0 Å². The van der Waals surface area contributed by atoms with Gasteiger partial charge in [-0.1, -0.05) is 47.5 Å². The fourth-order valence-corrected chi connectivity index (χ4v) is 1.90. The largest absolute Gasteiger partial charge is 0.380 e. The third-order valence-electron chi connectivity index (χ3n) is 2.55. The zero-order chi connectivity index (χ0) is 13.1. The van der Waals surface area contributed by atoms with Crippen LogP contribution in [-0.4, -0.2) is 17.1 Å². The van der Waals surface area contributed by atoms with Crippen LogP contribution in [0.5, 0.6) is 0 Å². The first kappa shape index (κ1) is 13.3. The van der Waals surface area contributed by atoms with Crippen molar-refractivity contribution < 1.29 is 4.74 Å². The highest BCUT2D eigenvalue weighted by atomic mass is 35.5. The Morgan fingerprint density at radius 2 is 1.61 bits per heavy atom. The van der Waals surface area contributed by atoms with Crippen LogP contribution in [0.4, 0.5) is 0 Å². The van der Waals surface area contributed by atoms with E-state index in [9.17, 15) is 0 Å². The number of nitrogens with zero attached hydrogens (tertiary/aromatic N) is 2. The molecule has 0 unspecified atom stereocenters. The molecule has 0 radical (unpaired) electrons. The Morgan fingerprint density at radius 1 is 1.06 bits per heavy atom. The van der Waals surface area contributed by atoms with E-state index in [0.717, 1.165) is 11.1 Å². The molecule has 1 aromatic carbocycles. The maximum Gasteiger partial charge on any atom is 0.162 e. The minimum atomic E-state index is 0.381. The molecule has 94 valence electrons. The van der Waals surface area contributed by atoms with Crippen molar-refractivity contribution in [3.05, 3.63) is 45.7 Å². The second kappa shape index (κ2) is 5.65. The van der Waals surface area contributed by atoms with Crippen molar-refractivity contribution in [3.63, 3.8) is 0 Å². The number of benzene rings is 1. The van der Waals surface area contributed by atoms with Gasteiger partial charge < -0.3 is 4.74 Å². The quantitative estimate of drug-likeness (QED) is 0.801. The Kier molecular flexibility index (Phi) is 4.17. The predicted molar refractivity (Wildman–Crippen MR) is 72.9 cm³/mol. The van der Waals surface area contributed by atoms with Gasteiger partial charge >= 0.3 is 0 Å². The third kappa shape index (κ3) is 2.80. The van der Waals surface area contributed by atoms with Gasteiger partial charge in [0.25, 0.3) is 0 Å². The number of hydrogen-bond acceptors (Lipinski definition) is 3. The highest BCUT2D eigenvalue weighted by Crippen LogP contribution is 2.24. The average molecular weight is 283 g/mol. The molecule has 0 saturated carbocycles. The fraction of sp³-hybridized carbons (Fsp3) is 0.231. The van der Waals surface area contributed by atoms with Gasteiger partial charge in [-0.05, 0) is 12.5 Å². The van der Waals surface area contributed by atoms with Gasteiger partial charge in [0.05, 0.1) is 6.61 Å². The lowest BCUT2D eigenvalue weighted by molar-refractivity contribution is 0.185. The smallest absolute Gasteiger partial charge is 0.162 e. The molecular weight excluding hydrogens is 271 g/mol. The molecule has 0 fully saturated rings. The first-order valence-corrected chi connectivity index (χ1v) is 6.15. The number of aromatic nitrogens is 2. The van der Waals surface area contributed by atoms with Crippen LogP contribution in [0, 0.1) is 6.92 Å². The van der Waals surface area contributed by atoms with Gasteiger partial charge in [0.1, 0.15) is 10.3 Å². The van der Waals surface area contributed by atoms with E-state index >= 15 is 0 Å². The minimum Gasteiger partial charge on any atom is -0.380 e. The Labute approximate surface area is 116 Å². The van der Waals surface area contributed by atoms with E-state index in [2.05, 4.69) is 9.97 Å². The van der Waals surface area contributed by atoms with Crippen LogP contribution in [-0.2, 0) is 11.3 Å². The first-order chi connectivity index (χ1) is 8.61. The minimum absolute atomic E-state index is 0.381. The van der Waals surface area contributed by atoms with Crippen molar-refractivity contribution in [2.75, 3.05) is 7.11 Å². The molecule has 3 nitrogen and oxygen atoms in total. The van der Waals surface area contributed by atoms with Crippen molar-refractivity contribution in [2.24, 2.45) is 0 Å². The second-order valence-electron chi connectivity index (χ2n) is 3.88. The van der Waals surface area contributed by atoms with E-state index in [1.807, 2.05) is 24.3 Å². The normalized spacial score (nSPS) is 10.7. The highest BCUT2D eigenvalue weighted by Gasteiger charge is 2.09. The van der Waals surface area contributed by atoms with E-state index in [4.69, 9.17) is 27.9 Å². The average Bonchev–Trinajstić information content (AvgIpc) is 2.37. The maximum absolute atomic E-state index is 5.99. The molecule has 0 aliphatic carbocycles. The Hall–Kier alpha value is -1.16. The van der Waals surface area contributed by atoms with E-state index in [-0.39, 0.29) is 0 Å². The number of hydrogen-bond donors (Lipinski definition) is 0. The SMILES string of the molecule is COCc1ccc(-c2nc(Cl)c(C)c(Cl)n2)cc1. The molecule has 5 heteroatoms. The molecular formula is C13H12Cl2N2O. The predicted octanol–water partition coefficient (Wildman–Crippen LogP) is 3.91. The van der Waals surface area contributed by atoms with Crippen LogP contribution in [0.15, 0.2) is 24.3 Å². The summed E-state index contributed by atoms with van der Waals surface area (Å²) in [4.78, 5) is 8.44. The summed E-state index contributed by atoms with van der Waals surface area (Å²) >= 11 is 12.0. The third-order valence-corrected chi connectivity index (χ3v) is 3.29. The van der Waals surface area contributed by atoms with Gasteiger partial charge in [-0.2, -0.15) is 0 Å². The van der Waals surface area contributed by atoms with Crippen LogP contribution >= 0.6 is 23.2 Å². The lowest BCUT2D eigenvalue weighted by atomic mass is 10.1. The topological polar surface area (TPSA) is 35.0 Å². The van der Waals surface area contributed by atoms with Crippen molar-refractivity contribution >= 4 is 23.2 Å². The summed E-state index contributed by atoms with van der Waals surface area (Å²) in [6.45, 7) is 2.37. The molecule has 0 bridgehead atoms. The summed E-state index contributed by atoms with van der Waals surface area (Å²) in [5.74, 6) is 0.527. The van der Waals surface area contributed by atoms with Crippen LogP contribution in [0.1, 0.15) is 11.1 Å². The molecule has 2 aromatic rings. The lowest BCUT2D eigenvalue weighted by Gasteiger charge is -2.05. The molecule has 0 saturated heterocycles. The van der Waals surface area contributed by atoms with Gasteiger partial charge in [-0.25, -0.2) is 9.97 Å². The summed E-state index contributed by atoms with van der Waals surface area (Å²) in [5.41, 5.74) is 2.65. The molecule has 0 atom stereocenters. The first-order valence-electron chi connectivity index (χ1n) is 5.39. The molecule has 2 rings (SSSR count). The lowest BCUT2D eigenvalue weighted by Crippen LogP contribution is -1.94. The summed E-state index contributed by atoms with van der Waals surface area (Å²) < 4.78 is 5.05. The summed E-state index contributed by atoms with van der Waals surface area (Å²) in [6, 6.07) is 7.77. The second-order valence-corrected chi connectivity index (χ2v) is 4.60. The number of ether oxygens (including phenoxy) is 1. The number of rotatable bonds is 3. The molecule has 0 aliphatic rings. The van der Waals surface area contributed by atoms with E-state index in [0.29, 0.717) is 28.3 Å². The fourth-order valence-electron chi connectivity index (χ4n) is 1.51. The monoisotopic (exact) mass is 282 g/mol. The van der Waals surface area contributed by atoms with Crippen LogP contribution < -0.4 is 0 Å². The number of methoxy groups -OCH3 is 1. The molecule has 0 N–H and O–H groups in total. The zero-order valence-corrected chi connectivity index (χ0v) is 11.6. The van der Waals surface area contributed by atoms with Crippen molar-refractivity contribution in [3.8, 4) is 11.4 Å². The zero-order valence-electron chi connectivity index (χ0n) is 10.1. The Balaban J connectivity index is 2.36. The van der Waals surface area contributed by atoms with Gasteiger partial charge in [0.15, 0.2) is 5.82 Å². The molecule has 0 aliphatic heterocycles. The van der Waals surface area contributed by atoms with Gasteiger partial charge in [-0.3, -0.25) is 0 Å². The van der Waals surface area contributed by atoms with E-state index < -0.39 is 0 Å². The Bertz CT molecular complexity index is 532. The van der Waals surface area contributed by atoms with Crippen LogP contribution in [0.3, 0.4) is 0 Å². The van der Waals surface area contributed by atoms with Gasteiger partial charge in [-0.15, -0.1) is 0 Å². The van der Waals surface area contributed by atoms with Crippen LogP contribution in [0.25, 0.3) is 11.4 Å². The standard InChI is InChI=1S/C13H12Cl2N2O/c1-8-11(14)16-13(17-12(8)15)10-5-3-9(4-6-10)7-18-2/h3-6H,7H2,1-2H3. The highest BCUT2D eigenvalue weighted by molar-refractivity contribution is 6.34. The molecule has 1 heterocycles. The van der Waals surface area contributed by atoms with Crippen molar-refractivity contribution in [2.45, 2.75) is 13.5 Å².